The number of carbonyl (C=O) groups excluding carboxylic acids is 1. The molecule has 1 N–H and O–H groups in total. The van der Waals surface area contributed by atoms with Gasteiger partial charge in [0.25, 0.3) is 0 Å². The van der Waals surface area contributed by atoms with Gasteiger partial charge in [-0.05, 0) is 91.8 Å². The van der Waals surface area contributed by atoms with Crippen LogP contribution in [0, 0.1) is 45.3 Å². The van der Waals surface area contributed by atoms with Crippen molar-refractivity contribution in [2.24, 2.45) is 45.3 Å². The molecule has 0 aromatic rings. The SMILES string of the molecule is C[C@H]([C@@H]1CC[C@H](C)[C@@H](O)O1)[C@H]1CC[C@@]2(C)C3=C(CC[C@]12C)[C@@]1(C)CCC(=O)C(C)(C)C1CC3. The molecule has 33 heavy (non-hydrogen) atoms. The van der Waals surface area contributed by atoms with Crippen molar-refractivity contribution in [3.05, 3.63) is 11.1 Å². The standard InChI is InChI=1S/C30H48O3/c1-18-8-10-23(33-26(18)32)19(2)20-12-16-30(7)22-9-11-24-27(3,4)25(31)14-15-28(24,5)21(22)13-17-29(20,30)6/h18-20,23-24,26,32H,8-17H2,1-7H3/t18-,19-,20+,23-,24?,26-,28+,29+,30-/m0/s1. The fraction of sp³-hybridized carbons (Fsp3) is 0.900. The summed E-state index contributed by atoms with van der Waals surface area (Å²) in [6.45, 7) is 16.7. The molecule has 0 radical (unpaired) electrons. The van der Waals surface area contributed by atoms with E-state index < -0.39 is 6.29 Å². The molecule has 4 aliphatic carbocycles. The summed E-state index contributed by atoms with van der Waals surface area (Å²) in [4.78, 5) is 12.8. The molecular formula is C30H48O3. The molecule has 3 nitrogen and oxygen atoms in total. The minimum absolute atomic E-state index is 0.184. The molecule has 2 saturated carbocycles. The molecule has 186 valence electrons. The van der Waals surface area contributed by atoms with Gasteiger partial charge in [0.05, 0.1) is 6.10 Å². The molecular weight excluding hydrogens is 408 g/mol. The first-order valence-corrected chi connectivity index (χ1v) is 14.0. The van der Waals surface area contributed by atoms with E-state index in [1.165, 1.54) is 38.5 Å². The van der Waals surface area contributed by atoms with E-state index in [0.717, 1.165) is 25.7 Å². The van der Waals surface area contributed by atoms with Crippen LogP contribution in [0.1, 0.15) is 113 Å². The van der Waals surface area contributed by atoms with E-state index in [2.05, 4.69) is 48.5 Å². The molecule has 0 aromatic heterocycles. The van der Waals surface area contributed by atoms with Gasteiger partial charge in [0, 0.05) is 17.8 Å². The summed E-state index contributed by atoms with van der Waals surface area (Å²) in [5.74, 6) is 2.37. The van der Waals surface area contributed by atoms with Crippen LogP contribution in [0.2, 0.25) is 0 Å². The number of allylic oxidation sites excluding steroid dienone is 2. The van der Waals surface area contributed by atoms with Gasteiger partial charge < -0.3 is 9.84 Å². The van der Waals surface area contributed by atoms with Crippen LogP contribution in [0.5, 0.6) is 0 Å². The Morgan fingerprint density at radius 2 is 1.64 bits per heavy atom. The van der Waals surface area contributed by atoms with Crippen LogP contribution < -0.4 is 0 Å². The fourth-order valence-corrected chi connectivity index (χ4v) is 9.97. The molecule has 1 heterocycles. The average molecular weight is 457 g/mol. The van der Waals surface area contributed by atoms with Gasteiger partial charge in [-0.3, -0.25) is 4.79 Å². The lowest BCUT2D eigenvalue weighted by Gasteiger charge is -2.61. The minimum atomic E-state index is -0.597. The Labute approximate surface area is 202 Å². The van der Waals surface area contributed by atoms with E-state index in [4.69, 9.17) is 4.74 Å². The zero-order chi connectivity index (χ0) is 24.0. The zero-order valence-electron chi connectivity index (χ0n) is 22.3. The third-order valence-corrected chi connectivity index (χ3v) is 12.5. The van der Waals surface area contributed by atoms with Crippen molar-refractivity contribution < 1.29 is 14.6 Å². The van der Waals surface area contributed by atoms with E-state index in [9.17, 15) is 9.90 Å². The Bertz CT molecular complexity index is 857. The number of hydrogen-bond acceptors (Lipinski definition) is 3. The Hall–Kier alpha value is -0.670. The number of aliphatic hydroxyl groups excluding tert-OH is 1. The molecule has 0 amide bonds. The molecule has 3 heteroatoms. The molecule has 3 fully saturated rings. The predicted octanol–water partition coefficient (Wildman–Crippen LogP) is 7.07. The maximum Gasteiger partial charge on any atom is 0.157 e. The van der Waals surface area contributed by atoms with Gasteiger partial charge in [0.1, 0.15) is 5.78 Å². The van der Waals surface area contributed by atoms with Crippen molar-refractivity contribution >= 4 is 5.78 Å². The van der Waals surface area contributed by atoms with Crippen LogP contribution in [-0.2, 0) is 9.53 Å². The van der Waals surface area contributed by atoms with Crippen LogP contribution in [0.25, 0.3) is 0 Å². The smallest absolute Gasteiger partial charge is 0.157 e. The highest BCUT2D eigenvalue weighted by atomic mass is 16.6. The van der Waals surface area contributed by atoms with Crippen LogP contribution in [0.4, 0.5) is 0 Å². The van der Waals surface area contributed by atoms with E-state index in [1.54, 1.807) is 11.1 Å². The third-order valence-electron chi connectivity index (χ3n) is 12.5. The molecule has 0 aromatic carbocycles. The van der Waals surface area contributed by atoms with Gasteiger partial charge in [-0.2, -0.15) is 0 Å². The highest BCUT2D eigenvalue weighted by Gasteiger charge is 2.63. The van der Waals surface area contributed by atoms with E-state index in [0.29, 0.717) is 29.0 Å². The maximum atomic E-state index is 12.8. The Balaban J connectivity index is 1.46. The number of hydrogen-bond donors (Lipinski definition) is 1. The number of fused-ring (bicyclic) bond motifs is 4. The third kappa shape index (κ3) is 3.16. The molecule has 1 unspecified atom stereocenters. The number of ketones is 1. The lowest BCUT2D eigenvalue weighted by Crippen LogP contribution is -2.54. The molecule has 0 bridgehead atoms. The minimum Gasteiger partial charge on any atom is -0.368 e. The first-order chi connectivity index (χ1) is 15.4. The topological polar surface area (TPSA) is 46.5 Å². The second-order valence-electron chi connectivity index (χ2n) is 14.0. The summed E-state index contributed by atoms with van der Waals surface area (Å²) in [5.41, 5.74) is 4.12. The van der Waals surface area contributed by atoms with Crippen molar-refractivity contribution in [1.29, 1.82) is 0 Å². The molecule has 0 spiro atoms. The summed E-state index contributed by atoms with van der Waals surface area (Å²) in [7, 11) is 0. The van der Waals surface area contributed by atoms with Gasteiger partial charge in [-0.25, -0.2) is 0 Å². The maximum absolute atomic E-state index is 12.8. The molecule has 5 rings (SSSR count). The molecule has 9 atom stereocenters. The number of aliphatic hydroxyl groups is 1. The number of Topliss-reactive ketones (excluding diaryl/α,β-unsaturated/α-hetero) is 1. The second kappa shape index (κ2) is 7.66. The highest BCUT2D eigenvalue weighted by molar-refractivity contribution is 5.85. The number of ether oxygens (including phenoxy) is 1. The predicted molar refractivity (Wildman–Crippen MR) is 132 cm³/mol. The average Bonchev–Trinajstić information content (AvgIpc) is 3.04. The largest absolute Gasteiger partial charge is 0.368 e. The van der Waals surface area contributed by atoms with Crippen LogP contribution in [0.15, 0.2) is 11.1 Å². The highest BCUT2D eigenvalue weighted by Crippen LogP contribution is 2.72. The van der Waals surface area contributed by atoms with Gasteiger partial charge in [0.2, 0.25) is 0 Å². The zero-order valence-corrected chi connectivity index (χ0v) is 22.3. The Morgan fingerprint density at radius 3 is 2.33 bits per heavy atom. The Kier molecular flexibility index (Phi) is 5.58. The summed E-state index contributed by atoms with van der Waals surface area (Å²) in [6, 6.07) is 0. The monoisotopic (exact) mass is 456 g/mol. The molecule has 1 aliphatic heterocycles. The number of rotatable bonds is 2. The summed E-state index contributed by atoms with van der Waals surface area (Å²) in [6.07, 6.45) is 11.0. The van der Waals surface area contributed by atoms with Gasteiger partial charge >= 0.3 is 0 Å². The van der Waals surface area contributed by atoms with E-state index >= 15 is 0 Å². The van der Waals surface area contributed by atoms with Crippen molar-refractivity contribution in [1.82, 2.24) is 0 Å². The van der Waals surface area contributed by atoms with Gasteiger partial charge in [0.15, 0.2) is 6.29 Å². The van der Waals surface area contributed by atoms with E-state index in [-0.39, 0.29) is 28.3 Å². The quantitative estimate of drug-likeness (QED) is 0.452. The van der Waals surface area contributed by atoms with Crippen molar-refractivity contribution in [3.8, 4) is 0 Å². The summed E-state index contributed by atoms with van der Waals surface area (Å²) in [5, 5.41) is 10.4. The van der Waals surface area contributed by atoms with Crippen LogP contribution in [0.3, 0.4) is 0 Å². The van der Waals surface area contributed by atoms with Gasteiger partial charge in [-0.15, -0.1) is 0 Å². The van der Waals surface area contributed by atoms with Gasteiger partial charge in [-0.1, -0.05) is 59.6 Å². The normalized spacial score (nSPS) is 50.4. The fourth-order valence-electron chi connectivity index (χ4n) is 9.97. The van der Waals surface area contributed by atoms with Crippen LogP contribution in [-0.4, -0.2) is 23.3 Å². The first kappa shape index (κ1) is 24.0. The number of carbonyl (C=O) groups is 1. The lowest BCUT2D eigenvalue weighted by molar-refractivity contribution is -0.209. The first-order valence-electron chi connectivity index (χ1n) is 14.0. The molecule has 1 saturated heterocycles. The second-order valence-corrected chi connectivity index (χ2v) is 14.0. The van der Waals surface area contributed by atoms with E-state index in [1.807, 2.05) is 0 Å². The van der Waals surface area contributed by atoms with Crippen molar-refractivity contribution in [2.75, 3.05) is 0 Å². The lowest BCUT2D eigenvalue weighted by atomic mass is 9.43. The summed E-state index contributed by atoms with van der Waals surface area (Å²) >= 11 is 0. The Morgan fingerprint density at radius 1 is 0.909 bits per heavy atom. The van der Waals surface area contributed by atoms with Crippen molar-refractivity contribution in [2.45, 2.75) is 125 Å². The van der Waals surface area contributed by atoms with Crippen LogP contribution >= 0.6 is 0 Å². The molecule has 5 aliphatic rings. The summed E-state index contributed by atoms with van der Waals surface area (Å²) < 4.78 is 6.17. The van der Waals surface area contributed by atoms with Crippen molar-refractivity contribution in [3.63, 3.8) is 0 Å².